The van der Waals surface area contributed by atoms with E-state index in [2.05, 4.69) is 51.2 Å². The van der Waals surface area contributed by atoms with Crippen LogP contribution in [-0.4, -0.2) is 43.7 Å². The Morgan fingerprint density at radius 3 is 1.34 bits per heavy atom. The zero-order valence-corrected chi connectivity index (χ0v) is 33.0. The molecule has 8 nitrogen and oxygen atoms in total. The van der Waals surface area contributed by atoms with E-state index in [0.717, 1.165) is 37.9 Å². The van der Waals surface area contributed by atoms with Crippen molar-refractivity contribution >= 4 is 47.8 Å². The Bertz CT molecular complexity index is 2560. The van der Waals surface area contributed by atoms with Crippen LogP contribution in [0, 0.1) is 6.92 Å². The molecule has 0 saturated heterocycles. The summed E-state index contributed by atoms with van der Waals surface area (Å²) in [4.78, 5) is 54.8. The van der Waals surface area contributed by atoms with Crippen LogP contribution in [-0.2, 0) is 5.41 Å². The summed E-state index contributed by atoms with van der Waals surface area (Å²) in [5, 5.41) is 1.88. The van der Waals surface area contributed by atoms with Crippen molar-refractivity contribution in [3.63, 3.8) is 0 Å². The average Bonchev–Trinajstić information content (AvgIpc) is 3.58. The third kappa shape index (κ3) is 6.29. The standard InChI is InChI=1S/C47H40N2O6Si/c1-29-7-15-33(16-8-29)54-34-17-9-30(10-18-34)47(2,3)31-11-19-35(20-12-31)55-36-21-13-32(14-22-36)49-45(52)40-26-24-38(28-42(40)46(49)53)56(5,6)37-23-25-39-41(27-37)44(51)48(4)43(39)50/h7-28H,1-6H3. The van der Waals surface area contributed by atoms with Crippen LogP contribution < -0.4 is 24.7 Å². The van der Waals surface area contributed by atoms with Crippen LogP contribution in [0.3, 0.4) is 0 Å². The number of aryl methyl sites for hydroxylation is 1. The summed E-state index contributed by atoms with van der Waals surface area (Å²) in [5.74, 6) is 1.39. The molecule has 2 aliphatic heterocycles. The highest BCUT2D eigenvalue weighted by Gasteiger charge is 2.40. The van der Waals surface area contributed by atoms with Gasteiger partial charge < -0.3 is 9.47 Å². The molecule has 278 valence electrons. The van der Waals surface area contributed by atoms with Crippen LogP contribution >= 0.6 is 0 Å². The van der Waals surface area contributed by atoms with Crippen molar-refractivity contribution in [3.05, 3.63) is 172 Å². The highest BCUT2D eigenvalue weighted by Crippen LogP contribution is 2.36. The highest BCUT2D eigenvalue weighted by molar-refractivity contribution is 7.00. The molecule has 6 aromatic rings. The molecule has 0 spiro atoms. The number of carbonyl (C=O) groups is 4. The molecule has 0 saturated carbocycles. The lowest BCUT2D eigenvalue weighted by molar-refractivity contribution is 0.0692. The van der Waals surface area contributed by atoms with Gasteiger partial charge in [-0.3, -0.25) is 24.1 Å². The van der Waals surface area contributed by atoms with Crippen molar-refractivity contribution in [2.75, 3.05) is 11.9 Å². The second-order valence-corrected chi connectivity index (χ2v) is 19.9. The largest absolute Gasteiger partial charge is 0.457 e. The summed E-state index contributed by atoms with van der Waals surface area (Å²) in [6.07, 6.45) is 0. The lowest BCUT2D eigenvalue weighted by Crippen LogP contribution is -2.53. The number of hydrogen-bond acceptors (Lipinski definition) is 6. The van der Waals surface area contributed by atoms with Crippen molar-refractivity contribution < 1.29 is 28.7 Å². The van der Waals surface area contributed by atoms with E-state index >= 15 is 0 Å². The first-order valence-corrected chi connectivity index (χ1v) is 21.5. The molecule has 0 N–H and O–H groups in total. The van der Waals surface area contributed by atoms with Gasteiger partial charge in [-0.2, -0.15) is 0 Å². The van der Waals surface area contributed by atoms with Crippen LogP contribution in [0.4, 0.5) is 5.69 Å². The van der Waals surface area contributed by atoms with Gasteiger partial charge in [0.25, 0.3) is 23.6 Å². The predicted molar refractivity (Wildman–Crippen MR) is 220 cm³/mol. The molecule has 4 amide bonds. The second kappa shape index (κ2) is 13.6. The molecule has 0 atom stereocenters. The molecule has 56 heavy (non-hydrogen) atoms. The van der Waals surface area contributed by atoms with E-state index in [0.29, 0.717) is 39.4 Å². The Morgan fingerprint density at radius 2 is 0.857 bits per heavy atom. The van der Waals surface area contributed by atoms with Crippen molar-refractivity contribution in [2.24, 2.45) is 0 Å². The van der Waals surface area contributed by atoms with E-state index in [1.807, 2.05) is 73.7 Å². The molecule has 2 heterocycles. The molecule has 0 aromatic heterocycles. The molecule has 0 aliphatic carbocycles. The molecule has 0 radical (unpaired) electrons. The molecule has 0 unspecified atom stereocenters. The number of rotatable bonds is 9. The van der Waals surface area contributed by atoms with Gasteiger partial charge in [0.15, 0.2) is 0 Å². The van der Waals surface area contributed by atoms with E-state index in [1.165, 1.54) is 17.5 Å². The minimum Gasteiger partial charge on any atom is -0.457 e. The smallest absolute Gasteiger partial charge is 0.266 e. The quantitative estimate of drug-likeness (QED) is 0.108. The Hall–Kier alpha value is -6.58. The molecule has 9 heteroatoms. The number of carbonyl (C=O) groups excluding carboxylic acids is 4. The normalized spacial score (nSPS) is 14.0. The number of nitrogens with zero attached hydrogens (tertiary/aromatic N) is 2. The Morgan fingerprint density at radius 1 is 0.482 bits per heavy atom. The first kappa shape index (κ1) is 36.4. The lowest BCUT2D eigenvalue weighted by atomic mass is 9.78. The van der Waals surface area contributed by atoms with E-state index in [4.69, 9.17) is 9.47 Å². The van der Waals surface area contributed by atoms with Gasteiger partial charge in [0.05, 0.1) is 27.9 Å². The number of imide groups is 2. The summed E-state index contributed by atoms with van der Waals surface area (Å²) < 4.78 is 12.2. The fraction of sp³-hybridized carbons (Fsp3) is 0.149. The van der Waals surface area contributed by atoms with Gasteiger partial charge in [-0.1, -0.05) is 91.4 Å². The summed E-state index contributed by atoms with van der Waals surface area (Å²) >= 11 is 0. The SMILES string of the molecule is Cc1ccc(Oc2ccc(C(C)(C)c3ccc(Oc4ccc(N5C(=O)c6ccc([Si](C)(C)c7ccc8c(c7)C(=O)N(C)C8=O)cc6C5=O)cc4)cc3)cc2)cc1. The third-order valence-electron chi connectivity index (χ3n) is 11.2. The predicted octanol–water partition coefficient (Wildman–Crippen LogP) is 8.75. The van der Waals surface area contributed by atoms with Gasteiger partial charge in [-0.15, -0.1) is 0 Å². The monoisotopic (exact) mass is 756 g/mol. The number of ether oxygens (including phenoxy) is 2. The summed E-state index contributed by atoms with van der Waals surface area (Å²) in [5.41, 5.74) is 5.11. The minimum atomic E-state index is -2.45. The highest BCUT2D eigenvalue weighted by atomic mass is 28.3. The molecular weight excluding hydrogens is 717 g/mol. The number of anilines is 1. The first-order chi connectivity index (χ1) is 26.7. The second-order valence-electron chi connectivity index (χ2n) is 15.4. The van der Waals surface area contributed by atoms with Crippen molar-refractivity contribution in [1.82, 2.24) is 4.90 Å². The van der Waals surface area contributed by atoms with Gasteiger partial charge in [0.2, 0.25) is 0 Å². The van der Waals surface area contributed by atoms with Gasteiger partial charge >= 0.3 is 0 Å². The van der Waals surface area contributed by atoms with E-state index < -0.39 is 14.0 Å². The Kier molecular flexibility index (Phi) is 8.85. The lowest BCUT2D eigenvalue weighted by Gasteiger charge is -2.26. The van der Waals surface area contributed by atoms with Gasteiger partial charge in [-0.25, -0.2) is 4.90 Å². The van der Waals surface area contributed by atoms with Crippen molar-refractivity contribution in [3.8, 4) is 23.0 Å². The van der Waals surface area contributed by atoms with Crippen LogP contribution in [0.2, 0.25) is 13.1 Å². The summed E-state index contributed by atoms with van der Waals surface area (Å²) in [6.45, 7) is 10.7. The summed E-state index contributed by atoms with van der Waals surface area (Å²) in [7, 11) is -0.965. The molecular formula is C47H40N2O6Si. The fourth-order valence-corrected chi connectivity index (χ4v) is 9.71. The molecule has 0 fully saturated rings. The number of hydrogen-bond donors (Lipinski definition) is 0. The Balaban J connectivity index is 0.938. The minimum absolute atomic E-state index is 0.269. The molecule has 6 aromatic carbocycles. The maximum Gasteiger partial charge on any atom is 0.266 e. The third-order valence-corrected chi connectivity index (χ3v) is 14.7. The van der Waals surface area contributed by atoms with Crippen molar-refractivity contribution in [1.29, 1.82) is 0 Å². The fourth-order valence-electron chi connectivity index (χ4n) is 7.37. The number of benzene rings is 6. The van der Waals surface area contributed by atoms with Crippen LogP contribution in [0.15, 0.2) is 133 Å². The number of fused-ring (bicyclic) bond motifs is 2. The van der Waals surface area contributed by atoms with Crippen LogP contribution in [0.25, 0.3) is 0 Å². The average molecular weight is 757 g/mol. The van der Waals surface area contributed by atoms with Crippen LogP contribution in [0.5, 0.6) is 23.0 Å². The van der Waals surface area contributed by atoms with Crippen LogP contribution in [0.1, 0.15) is 72.0 Å². The summed E-state index contributed by atoms with van der Waals surface area (Å²) in [6, 6.07) is 41.9. The van der Waals surface area contributed by atoms with Crippen molar-refractivity contribution in [2.45, 2.75) is 39.3 Å². The maximum atomic E-state index is 13.8. The van der Waals surface area contributed by atoms with Gasteiger partial charge in [0.1, 0.15) is 31.1 Å². The first-order valence-electron chi connectivity index (χ1n) is 18.5. The zero-order valence-electron chi connectivity index (χ0n) is 32.0. The van der Waals surface area contributed by atoms with E-state index in [9.17, 15) is 19.2 Å². The van der Waals surface area contributed by atoms with Gasteiger partial charge in [0, 0.05) is 12.5 Å². The maximum absolute atomic E-state index is 13.8. The van der Waals surface area contributed by atoms with E-state index in [-0.39, 0.29) is 23.1 Å². The molecule has 0 bridgehead atoms. The Labute approximate surface area is 326 Å². The zero-order chi connectivity index (χ0) is 39.5. The van der Waals surface area contributed by atoms with E-state index in [1.54, 1.807) is 42.5 Å². The molecule has 8 rings (SSSR count). The number of amides is 4. The topological polar surface area (TPSA) is 93.2 Å². The molecule has 2 aliphatic rings. The van der Waals surface area contributed by atoms with Gasteiger partial charge in [-0.05, 0) is 103 Å².